The topological polar surface area (TPSA) is 75.9 Å². The van der Waals surface area contributed by atoms with Crippen LogP contribution >= 0.6 is 0 Å². The van der Waals surface area contributed by atoms with Gasteiger partial charge in [-0.1, -0.05) is 11.6 Å². The first-order valence-electron chi connectivity index (χ1n) is 7.81. The second-order valence-electron chi connectivity index (χ2n) is 5.68. The maximum Gasteiger partial charge on any atom is 0.416 e. The molecular weight excluding hydrogens is 347 g/mol. The molecule has 0 amide bonds. The highest BCUT2D eigenvalue weighted by atomic mass is 19.4. The van der Waals surface area contributed by atoms with Crippen LogP contribution in [0.25, 0.3) is 11.4 Å². The minimum atomic E-state index is -4.37. The molecule has 0 radical (unpaired) electrons. The molecule has 0 aliphatic carbocycles. The van der Waals surface area contributed by atoms with Crippen molar-refractivity contribution in [1.82, 2.24) is 20.2 Å². The van der Waals surface area contributed by atoms with E-state index in [1.54, 1.807) is 6.07 Å². The number of alkyl halides is 3. The fraction of sp³-hybridized carbons (Fsp3) is 0.235. The summed E-state index contributed by atoms with van der Waals surface area (Å²) in [6.07, 6.45) is -4.37. The van der Waals surface area contributed by atoms with Gasteiger partial charge in [0, 0.05) is 16.9 Å². The number of anilines is 2. The maximum absolute atomic E-state index is 12.7. The van der Waals surface area contributed by atoms with Crippen LogP contribution in [0.2, 0.25) is 0 Å². The highest BCUT2D eigenvalue weighted by Crippen LogP contribution is 2.32. The largest absolute Gasteiger partial charge is 0.416 e. The van der Waals surface area contributed by atoms with Gasteiger partial charge in [-0.3, -0.25) is 0 Å². The molecule has 2 N–H and O–H groups in total. The number of aliphatic hydroxyl groups excluding tert-OH is 1. The van der Waals surface area contributed by atoms with E-state index in [1.807, 2.05) is 19.1 Å². The molecule has 1 heterocycles. The number of hydrogen-bond donors (Lipinski definition) is 2. The number of aryl methyl sites for hydroxylation is 1. The molecule has 0 saturated carbocycles. The van der Waals surface area contributed by atoms with Gasteiger partial charge in [-0.05, 0) is 48.5 Å². The van der Waals surface area contributed by atoms with E-state index in [2.05, 4.69) is 20.7 Å². The average molecular weight is 363 g/mol. The van der Waals surface area contributed by atoms with E-state index in [4.69, 9.17) is 5.11 Å². The summed E-state index contributed by atoms with van der Waals surface area (Å²) in [5.41, 5.74) is 2.07. The molecule has 0 aliphatic heterocycles. The number of rotatable bonds is 5. The van der Waals surface area contributed by atoms with Crippen LogP contribution in [-0.4, -0.2) is 31.9 Å². The Kier molecular flexibility index (Phi) is 4.90. The third-order valence-electron chi connectivity index (χ3n) is 3.66. The van der Waals surface area contributed by atoms with Crippen LogP contribution in [0.1, 0.15) is 11.1 Å². The SMILES string of the molecule is Cc1ccc(Nc2ccc(C(F)(F)F)cc2)c(-c2nnn(CCO)n2)c1. The fourth-order valence-corrected chi connectivity index (χ4v) is 2.39. The quantitative estimate of drug-likeness (QED) is 0.727. The molecule has 0 fully saturated rings. The van der Waals surface area contributed by atoms with Gasteiger partial charge in [0.25, 0.3) is 0 Å². The molecular formula is C17H16F3N5O. The second-order valence-corrected chi connectivity index (χ2v) is 5.68. The van der Waals surface area contributed by atoms with Gasteiger partial charge in [-0.2, -0.15) is 18.0 Å². The standard InChI is InChI=1S/C17H16F3N5O/c1-11-2-7-15(14(10-11)16-22-24-25(23-16)8-9-26)21-13-5-3-12(4-6-13)17(18,19)20/h2-7,10,21,26H,8-9H2,1H3. The van der Waals surface area contributed by atoms with E-state index in [1.165, 1.54) is 16.9 Å². The number of hydrogen-bond acceptors (Lipinski definition) is 5. The highest BCUT2D eigenvalue weighted by molar-refractivity contribution is 5.78. The Labute approximate surface area is 147 Å². The third-order valence-corrected chi connectivity index (χ3v) is 3.66. The van der Waals surface area contributed by atoms with Crippen molar-refractivity contribution in [3.05, 3.63) is 53.6 Å². The van der Waals surface area contributed by atoms with Crippen LogP contribution < -0.4 is 5.32 Å². The molecule has 136 valence electrons. The van der Waals surface area contributed by atoms with E-state index in [0.29, 0.717) is 22.8 Å². The number of halogens is 3. The first-order chi connectivity index (χ1) is 12.4. The zero-order chi connectivity index (χ0) is 18.7. The van der Waals surface area contributed by atoms with Gasteiger partial charge in [-0.25, -0.2) is 0 Å². The van der Waals surface area contributed by atoms with Crippen LogP contribution in [0, 0.1) is 6.92 Å². The molecule has 0 unspecified atom stereocenters. The summed E-state index contributed by atoms with van der Waals surface area (Å²) in [7, 11) is 0. The van der Waals surface area contributed by atoms with Crippen LogP contribution in [0.3, 0.4) is 0 Å². The summed E-state index contributed by atoms with van der Waals surface area (Å²) in [6, 6.07) is 10.3. The fourth-order valence-electron chi connectivity index (χ4n) is 2.39. The summed E-state index contributed by atoms with van der Waals surface area (Å²) in [6.45, 7) is 2.02. The van der Waals surface area contributed by atoms with Gasteiger partial charge >= 0.3 is 6.18 Å². The number of benzene rings is 2. The number of aliphatic hydroxyl groups is 1. The first kappa shape index (κ1) is 17.9. The molecule has 26 heavy (non-hydrogen) atoms. The number of nitrogens with one attached hydrogen (secondary N) is 1. The van der Waals surface area contributed by atoms with Crippen molar-refractivity contribution in [2.45, 2.75) is 19.6 Å². The predicted octanol–water partition coefficient (Wildman–Crippen LogP) is 3.40. The first-order valence-corrected chi connectivity index (χ1v) is 7.81. The Hall–Kier alpha value is -2.94. The molecule has 0 saturated heterocycles. The lowest BCUT2D eigenvalue weighted by Gasteiger charge is -2.12. The Morgan fingerprint density at radius 1 is 1.12 bits per heavy atom. The van der Waals surface area contributed by atoms with Crippen molar-refractivity contribution in [3.8, 4) is 11.4 Å². The molecule has 0 aliphatic rings. The Morgan fingerprint density at radius 2 is 1.85 bits per heavy atom. The van der Waals surface area contributed by atoms with Gasteiger partial charge in [-0.15, -0.1) is 10.2 Å². The van der Waals surface area contributed by atoms with E-state index in [0.717, 1.165) is 17.7 Å². The normalized spacial score (nSPS) is 11.6. The predicted molar refractivity (Wildman–Crippen MR) is 89.8 cm³/mol. The lowest BCUT2D eigenvalue weighted by molar-refractivity contribution is -0.137. The number of tetrazole rings is 1. The molecule has 0 atom stereocenters. The molecule has 0 bridgehead atoms. The van der Waals surface area contributed by atoms with E-state index in [9.17, 15) is 13.2 Å². The average Bonchev–Trinajstić information content (AvgIpc) is 3.05. The van der Waals surface area contributed by atoms with Gasteiger partial charge in [0.1, 0.15) is 0 Å². The summed E-state index contributed by atoms with van der Waals surface area (Å²) < 4.78 is 38.0. The Balaban J connectivity index is 1.90. The van der Waals surface area contributed by atoms with Gasteiger partial charge in [0.2, 0.25) is 5.82 Å². The Morgan fingerprint density at radius 3 is 2.50 bits per heavy atom. The van der Waals surface area contributed by atoms with E-state index >= 15 is 0 Å². The second kappa shape index (κ2) is 7.12. The number of nitrogens with zero attached hydrogens (tertiary/aromatic N) is 4. The zero-order valence-electron chi connectivity index (χ0n) is 13.8. The molecule has 3 rings (SSSR count). The minimum absolute atomic E-state index is 0.111. The van der Waals surface area contributed by atoms with Crippen molar-refractivity contribution in [1.29, 1.82) is 0 Å². The van der Waals surface area contributed by atoms with Crippen molar-refractivity contribution in [3.63, 3.8) is 0 Å². The van der Waals surface area contributed by atoms with Gasteiger partial charge < -0.3 is 10.4 Å². The van der Waals surface area contributed by atoms with Crippen LogP contribution in [0.5, 0.6) is 0 Å². The molecule has 9 heteroatoms. The van der Waals surface area contributed by atoms with Crippen LogP contribution in [0.15, 0.2) is 42.5 Å². The van der Waals surface area contributed by atoms with Crippen LogP contribution in [0.4, 0.5) is 24.5 Å². The summed E-state index contributed by atoms with van der Waals surface area (Å²) in [5.74, 6) is 0.358. The van der Waals surface area contributed by atoms with E-state index < -0.39 is 11.7 Å². The molecule has 2 aromatic carbocycles. The van der Waals surface area contributed by atoms with Crippen molar-refractivity contribution >= 4 is 11.4 Å². The van der Waals surface area contributed by atoms with Crippen molar-refractivity contribution < 1.29 is 18.3 Å². The monoisotopic (exact) mass is 363 g/mol. The molecule has 6 nitrogen and oxygen atoms in total. The van der Waals surface area contributed by atoms with Crippen LogP contribution in [-0.2, 0) is 12.7 Å². The Bertz CT molecular complexity index is 890. The maximum atomic E-state index is 12.7. The minimum Gasteiger partial charge on any atom is -0.394 e. The highest BCUT2D eigenvalue weighted by Gasteiger charge is 2.29. The lowest BCUT2D eigenvalue weighted by Crippen LogP contribution is -2.06. The smallest absolute Gasteiger partial charge is 0.394 e. The summed E-state index contributed by atoms with van der Waals surface area (Å²) in [5, 5.41) is 24.1. The van der Waals surface area contributed by atoms with Crippen molar-refractivity contribution in [2.75, 3.05) is 11.9 Å². The molecule has 0 spiro atoms. The third kappa shape index (κ3) is 3.99. The molecule has 1 aromatic heterocycles. The number of aromatic nitrogens is 4. The zero-order valence-corrected chi connectivity index (χ0v) is 13.8. The molecule has 3 aromatic rings. The summed E-state index contributed by atoms with van der Waals surface area (Å²) >= 11 is 0. The van der Waals surface area contributed by atoms with Gasteiger partial charge in [0.05, 0.1) is 18.7 Å². The van der Waals surface area contributed by atoms with Gasteiger partial charge in [0.15, 0.2) is 0 Å². The lowest BCUT2D eigenvalue weighted by atomic mass is 10.1. The van der Waals surface area contributed by atoms with Crippen molar-refractivity contribution in [2.24, 2.45) is 0 Å². The summed E-state index contributed by atoms with van der Waals surface area (Å²) in [4.78, 5) is 1.28. The van der Waals surface area contributed by atoms with E-state index in [-0.39, 0.29) is 13.2 Å².